The Labute approximate surface area is 117 Å². The lowest BCUT2D eigenvalue weighted by Crippen LogP contribution is -2.39. The number of rotatable bonds is 1. The summed E-state index contributed by atoms with van der Waals surface area (Å²) in [6, 6.07) is 3.49. The lowest BCUT2D eigenvalue weighted by atomic mass is 10.00. The topological polar surface area (TPSA) is 60.3 Å². The van der Waals surface area contributed by atoms with E-state index in [1.54, 1.807) is 28.8 Å². The smallest absolute Gasteiger partial charge is 0.389 e. The average Bonchev–Trinajstić information content (AvgIpc) is 2.77. The van der Waals surface area contributed by atoms with Gasteiger partial charge < -0.3 is 9.64 Å². The van der Waals surface area contributed by atoms with Gasteiger partial charge in [0.2, 0.25) is 0 Å². The molecule has 0 spiro atoms. The maximum absolute atomic E-state index is 12.2. The molecule has 6 heteroatoms. The van der Waals surface area contributed by atoms with Gasteiger partial charge >= 0.3 is 6.09 Å². The molecular formula is C14H17N4O2. The molecule has 1 amide bonds. The van der Waals surface area contributed by atoms with Crippen molar-refractivity contribution in [3.8, 4) is 5.88 Å². The average molecular weight is 273 g/mol. The maximum Gasteiger partial charge on any atom is 0.416 e. The van der Waals surface area contributed by atoms with Crippen LogP contribution in [0.3, 0.4) is 0 Å². The van der Waals surface area contributed by atoms with E-state index in [2.05, 4.69) is 23.2 Å². The van der Waals surface area contributed by atoms with E-state index < -0.39 is 0 Å². The number of aromatic nitrogens is 3. The van der Waals surface area contributed by atoms with Gasteiger partial charge in [0, 0.05) is 20.1 Å². The van der Waals surface area contributed by atoms with E-state index in [0.29, 0.717) is 17.4 Å². The number of aryl methyl sites for hydroxylation is 1. The van der Waals surface area contributed by atoms with Gasteiger partial charge in [0.1, 0.15) is 0 Å². The molecule has 2 aromatic heterocycles. The zero-order valence-corrected chi connectivity index (χ0v) is 11.7. The van der Waals surface area contributed by atoms with Gasteiger partial charge in [0.25, 0.3) is 5.88 Å². The molecule has 1 aliphatic rings. The van der Waals surface area contributed by atoms with Crippen LogP contribution in [0.4, 0.5) is 4.79 Å². The first-order valence-electron chi connectivity index (χ1n) is 6.81. The Bertz CT molecular complexity index is 629. The molecule has 2 aromatic rings. The van der Waals surface area contributed by atoms with Crippen LogP contribution in [-0.4, -0.2) is 38.8 Å². The summed E-state index contributed by atoms with van der Waals surface area (Å²) in [6.45, 7) is 3.70. The summed E-state index contributed by atoms with van der Waals surface area (Å²) in [7, 11) is 1.77. The van der Waals surface area contributed by atoms with Crippen molar-refractivity contribution in [1.29, 1.82) is 0 Å². The lowest BCUT2D eigenvalue weighted by Gasteiger charge is -2.28. The highest BCUT2D eigenvalue weighted by Crippen LogP contribution is 2.23. The fourth-order valence-corrected chi connectivity index (χ4v) is 2.42. The molecule has 1 fully saturated rings. The van der Waals surface area contributed by atoms with Gasteiger partial charge in [0.15, 0.2) is 5.65 Å². The zero-order chi connectivity index (χ0) is 14.1. The summed E-state index contributed by atoms with van der Waals surface area (Å²) in [6.07, 6.45) is 4.47. The second-order valence-electron chi connectivity index (χ2n) is 5.28. The molecule has 0 aliphatic carbocycles. The third-order valence-electron chi connectivity index (χ3n) is 3.74. The summed E-state index contributed by atoms with van der Waals surface area (Å²) in [5.41, 5.74) is 0.655. The Morgan fingerprint density at radius 2 is 2.20 bits per heavy atom. The summed E-state index contributed by atoms with van der Waals surface area (Å²) >= 11 is 0. The van der Waals surface area contributed by atoms with Crippen molar-refractivity contribution in [2.45, 2.75) is 19.8 Å². The van der Waals surface area contributed by atoms with Gasteiger partial charge in [0.05, 0.1) is 11.6 Å². The number of piperidine rings is 1. The Kier molecular flexibility index (Phi) is 3.30. The van der Waals surface area contributed by atoms with Crippen molar-refractivity contribution in [3.63, 3.8) is 0 Å². The van der Waals surface area contributed by atoms with Crippen molar-refractivity contribution in [1.82, 2.24) is 19.7 Å². The van der Waals surface area contributed by atoms with Crippen LogP contribution in [0.1, 0.15) is 19.8 Å². The number of hydrogen-bond acceptors (Lipinski definition) is 4. The molecule has 1 saturated heterocycles. The first-order chi connectivity index (χ1) is 9.65. The number of carbonyl (C=O) groups is 1. The first kappa shape index (κ1) is 12.9. The Hall–Kier alpha value is -2.11. The minimum atomic E-state index is -0.329. The molecule has 3 heterocycles. The molecular weight excluding hydrogens is 256 g/mol. The fourth-order valence-electron chi connectivity index (χ4n) is 2.42. The Balaban J connectivity index is 1.78. The molecule has 3 rings (SSSR count). The zero-order valence-electron chi connectivity index (χ0n) is 11.7. The summed E-state index contributed by atoms with van der Waals surface area (Å²) in [4.78, 5) is 18.0. The highest BCUT2D eigenvalue weighted by atomic mass is 16.6. The Morgan fingerprint density at radius 3 is 2.95 bits per heavy atom. The second-order valence-corrected chi connectivity index (χ2v) is 5.28. The van der Waals surface area contributed by atoms with Crippen molar-refractivity contribution in [2.24, 2.45) is 13.0 Å². The standard InChI is InChI=1S/C14H17N4O2/c1-10-5-8-18(9-6-10)14(19)20-13-11-4-3-7-15-12(11)17(2)16-13/h3-4,10H,5-6,8-9H2,1-2H3. The number of amides is 1. The van der Waals surface area contributed by atoms with Crippen LogP contribution in [0.5, 0.6) is 5.88 Å². The summed E-state index contributed by atoms with van der Waals surface area (Å²) in [5, 5.41) is 4.93. The second kappa shape index (κ2) is 5.11. The van der Waals surface area contributed by atoms with E-state index in [9.17, 15) is 4.79 Å². The van der Waals surface area contributed by atoms with E-state index in [4.69, 9.17) is 4.74 Å². The van der Waals surface area contributed by atoms with Gasteiger partial charge in [-0.2, -0.15) is 0 Å². The minimum Gasteiger partial charge on any atom is -0.389 e. The van der Waals surface area contributed by atoms with E-state index in [1.807, 2.05) is 0 Å². The van der Waals surface area contributed by atoms with Gasteiger partial charge in [-0.25, -0.2) is 14.5 Å². The molecule has 6 nitrogen and oxygen atoms in total. The lowest BCUT2D eigenvalue weighted by molar-refractivity contribution is 0.132. The van der Waals surface area contributed by atoms with E-state index in [1.165, 1.54) is 0 Å². The van der Waals surface area contributed by atoms with E-state index in [-0.39, 0.29) is 6.09 Å². The quantitative estimate of drug-likeness (QED) is 0.797. The predicted molar refractivity (Wildman–Crippen MR) is 73.3 cm³/mol. The molecule has 20 heavy (non-hydrogen) atoms. The number of nitrogens with zero attached hydrogens (tertiary/aromatic N) is 4. The molecule has 0 bridgehead atoms. The van der Waals surface area contributed by atoms with Crippen molar-refractivity contribution in [3.05, 3.63) is 18.3 Å². The number of ether oxygens (including phenoxy) is 1. The van der Waals surface area contributed by atoms with Crippen LogP contribution in [0.2, 0.25) is 0 Å². The van der Waals surface area contributed by atoms with Gasteiger partial charge in [-0.1, -0.05) is 6.92 Å². The number of pyridine rings is 1. The predicted octanol–water partition coefficient (Wildman–Crippen LogP) is 2.00. The number of carbonyl (C=O) groups excluding carboxylic acids is 1. The summed E-state index contributed by atoms with van der Waals surface area (Å²) in [5.74, 6) is 0.988. The molecule has 0 saturated carbocycles. The van der Waals surface area contributed by atoms with Crippen LogP contribution >= 0.6 is 0 Å². The molecule has 0 aromatic carbocycles. The normalized spacial score (nSPS) is 16.6. The van der Waals surface area contributed by atoms with Crippen molar-refractivity contribution >= 4 is 17.1 Å². The van der Waals surface area contributed by atoms with Crippen molar-refractivity contribution < 1.29 is 9.53 Å². The van der Waals surface area contributed by atoms with Gasteiger partial charge in [-0.15, -0.1) is 5.10 Å². The molecule has 1 aliphatic heterocycles. The third kappa shape index (κ3) is 2.33. The molecule has 0 N–H and O–H groups in total. The number of hydrogen-bond donors (Lipinski definition) is 0. The SMILES string of the molecule is CC1CCN(C(=O)Oc2nn(C)c3n[c]ccc23)CC1. The molecule has 1 radical (unpaired) electrons. The third-order valence-corrected chi connectivity index (χ3v) is 3.74. The molecule has 105 valence electrons. The first-order valence-corrected chi connectivity index (χ1v) is 6.81. The van der Waals surface area contributed by atoms with Crippen LogP contribution in [0, 0.1) is 12.1 Å². The van der Waals surface area contributed by atoms with Crippen LogP contribution in [-0.2, 0) is 7.05 Å². The largest absolute Gasteiger partial charge is 0.416 e. The Morgan fingerprint density at radius 1 is 1.45 bits per heavy atom. The van der Waals surface area contributed by atoms with Crippen LogP contribution in [0.25, 0.3) is 11.0 Å². The van der Waals surface area contributed by atoms with Gasteiger partial charge in [-0.3, -0.25) is 0 Å². The fraction of sp³-hybridized carbons (Fsp3) is 0.500. The monoisotopic (exact) mass is 273 g/mol. The van der Waals surface area contributed by atoms with Crippen molar-refractivity contribution in [2.75, 3.05) is 13.1 Å². The minimum absolute atomic E-state index is 0.313. The highest BCUT2D eigenvalue weighted by molar-refractivity contribution is 5.84. The van der Waals surface area contributed by atoms with Crippen LogP contribution < -0.4 is 4.74 Å². The maximum atomic E-state index is 12.2. The molecule has 0 unspecified atom stereocenters. The number of fused-ring (bicyclic) bond motifs is 1. The summed E-state index contributed by atoms with van der Waals surface area (Å²) < 4.78 is 7.01. The molecule has 0 atom stereocenters. The highest BCUT2D eigenvalue weighted by Gasteiger charge is 2.23. The van der Waals surface area contributed by atoms with E-state index >= 15 is 0 Å². The van der Waals surface area contributed by atoms with Crippen LogP contribution in [0.15, 0.2) is 12.1 Å². The van der Waals surface area contributed by atoms with E-state index in [0.717, 1.165) is 31.3 Å². The number of likely N-dealkylation sites (tertiary alicyclic amines) is 1. The van der Waals surface area contributed by atoms with Gasteiger partial charge in [-0.05, 0) is 30.9 Å².